The van der Waals surface area contributed by atoms with E-state index >= 15 is 0 Å². The summed E-state index contributed by atoms with van der Waals surface area (Å²) >= 11 is 3.36. The maximum atomic E-state index is 13.7. The Morgan fingerprint density at radius 1 is 1.21 bits per heavy atom. The maximum Gasteiger partial charge on any atom is 0.428 e. The van der Waals surface area contributed by atoms with E-state index in [1.54, 1.807) is 48.5 Å². The Labute approximate surface area is 203 Å². The second kappa shape index (κ2) is 9.84. The molecule has 0 saturated heterocycles. The van der Waals surface area contributed by atoms with Crippen molar-refractivity contribution in [1.82, 2.24) is 9.89 Å². The number of halogens is 1. The van der Waals surface area contributed by atoms with Crippen LogP contribution in [0.15, 0.2) is 32.5 Å². The van der Waals surface area contributed by atoms with E-state index in [1.165, 1.54) is 23.0 Å². The van der Waals surface area contributed by atoms with Gasteiger partial charge < -0.3 is 10.4 Å². The summed E-state index contributed by atoms with van der Waals surface area (Å²) in [6.07, 6.45) is -0.657. The van der Waals surface area contributed by atoms with Crippen molar-refractivity contribution in [3.05, 3.63) is 34.1 Å². The maximum absolute atomic E-state index is 13.7. The van der Waals surface area contributed by atoms with Crippen molar-refractivity contribution in [1.29, 1.82) is 0 Å². The number of carboxylic acid groups (broad SMARTS) is 1. The molecule has 1 aromatic carbocycles. The van der Waals surface area contributed by atoms with Gasteiger partial charge >= 0.3 is 6.09 Å². The van der Waals surface area contributed by atoms with Crippen molar-refractivity contribution in [3.63, 3.8) is 0 Å². The number of carbonyl (C=O) groups is 2. The lowest BCUT2D eigenvalue weighted by molar-refractivity contribution is -0.123. The molecule has 0 aliphatic rings. The quantitative estimate of drug-likeness (QED) is 0.526. The van der Waals surface area contributed by atoms with Gasteiger partial charge in [0.2, 0.25) is 15.7 Å². The zero-order valence-corrected chi connectivity index (χ0v) is 22.3. The average Bonchev–Trinajstić information content (AvgIpc) is 3.06. The van der Waals surface area contributed by atoms with E-state index in [9.17, 15) is 23.1 Å². The molecule has 11 heteroatoms. The van der Waals surface area contributed by atoms with E-state index in [2.05, 4.69) is 26.3 Å². The van der Waals surface area contributed by atoms with Crippen molar-refractivity contribution in [2.75, 3.05) is 10.3 Å². The minimum Gasteiger partial charge on any atom is -0.464 e. The third kappa shape index (κ3) is 5.40. The van der Waals surface area contributed by atoms with Crippen LogP contribution in [-0.4, -0.2) is 41.5 Å². The molecule has 0 radical (unpaired) electrons. The number of hydrogen-bond acceptors (Lipinski definition) is 5. The van der Waals surface area contributed by atoms with Gasteiger partial charge in [-0.15, -0.1) is 0 Å². The highest BCUT2D eigenvalue weighted by Crippen LogP contribution is 2.33. The minimum absolute atomic E-state index is 0.0118. The van der Waals surface area contributed by atoms with E-state index in [-0.39, 0.29) is 22.1 Å². The largest absolute Gasteiger partial charge is 0.464 e. The molecule has 0 aliphatic heterocycles. The molecular weight excluding hydrogens is 512 g/mol. The van der Waals surface area contributed by atoms with Crippen LogP contribution >= 0.6 is 15.9 Å². The van der Waals surface area contributed by atoms with E-state index in [4.69, 9.17) is 0 Å². The summed E-state index contributed by atoms with van der Waals surface area (Å²) in [5, 5.41) is 17.8. The van der Waals surface area contributed by atoms with Gasteiger partial charge in [-0.25, -0.2) is 13.2 Å². The van der Waals surface area contributed by atoms with E-state index < -0.39 is 27.4 Å². The Morgan fingerprint density at radius 3 is 2.24 bits per heavy atom. The van der Waals surface area contributed by atoms with Gasteiger partial charge in [-0.3, -0.25) is 4.79 Å². The van der Waals surface area contributed by atoms with Gasteiger partial charge in [0.1, 0.15) is 4.90 Å². The van der Waals surface area contributed by atoms with Gasteiger partial charge in [-0.1, -0.05) is 34.6 Å². The van der Waals surface area contributed by atoms with Gasteiger partial charge in [0, 0.05) is 9.89 Å². The summed E-state index contributed by atoms with van der Waals surface area (Å²) < 4.78 is 27.8. The SMILES string of the molecule is CCc1nn(N(C(=O)O)C(C)C)c(CC)c1S(=O)(=O)c1ccc(NC(=O)C(C)(C)C)c(Br)c1. The van der Waals surface area contributed by atoms with Crippen LogP contribution in [0.4, 0.5) is 10.5 Å². The Morgan fingerprint density at radius 2 is 1.82 bits per heavy atom. The number of anilines is 1. The fraction of sp³-hybridized carbons (Fsp3) is 0.500. The molecule has 0 aliphatic carbocycles. The Kier molecular flexibility index (Phi) is 8.01. The molecule has 0 atom stereocenters. The molecule has 2 aromatic rings. The van der Waals surface area contributed by atoms with Crippen LogP contribution < -0.4 is 10.3 Å². The van der Waals surface area contributed by atoms with Crippen LogP contribution in [-0.2, 0) is 27.5 Å². The summed E-state index contributed by atoms with van der Waals surface area (Å²) in [6.45, 7) is 12.3. The van der Waals surface area contributed by atoms with Crippen molar-refractivity contribution in [2.45, 2.75) is 77.1 Å². The van der Waals surface area contributed by atoms with Gasteiger partial charge in [0.15, 0.2) is 0 Å². The number of aromatic nitrogens is 2. The number of nitrogens with one attached hydrogen (secondary N) is 1. The fourth-order valence-electron chi connectivity index (χ4n) is 3.21. The van der Waals surface area contributed by atoms with Crippen molar-refractivity contribution < 1.29 is 23.1 Å². The van der Waals surface area contributed by atoms with Crippen molar-refractivity contribution >= 4 is 43.5 Å². The predicted octanol–water partition coefficient (Wildman–Crippen LogP) is 4.61. The molecule has 2 rings (SSSR count). The highest BCUT2D eigenvalue weighted by molar-refractivity contribution is 9.10. The molecule has 1 aromatic heterocycles. The Bertz CT molecular complexity index is 1170. The van der Waals surface area contributed by atoms with Gasteiger partial charge in [0.05, 0.1) is 28.0 Å². The van der Waals surface area contributed by atoms with E-state index in [1.807, 2.05) is 0 Å². The van der Waals surface area contributed by atoms with Crippen LogP contribution in [0.5, 0.6) is 0 Å². The first-order valence-corrected chi connectivity index (χ1v) is 12.9. The first-order chi connectivity index (χ1) is 15.2. The number of sulfone groups is 1. The number of rotatable bonds is 7. The van der Waals surface area contributed by atoms with Crippen LogP contribution in [0.3, 0.4) is 0 Å². The first kappa shape index (κ1) is 26.8. The molecular formula is C22H31BrN4O5S. The molecule has 0 unspecified atom stereocenters. The summed E-state index contributed by atoms with van der Waals surface area (Å²) in [6, 6.07) is 3.93. The topological polar surface area (TPSA) is 122 Å². The molecule has 33 heavy (non-hydrogen) atoms. The van der Waals surface area contributed by atoms with Crippen LogP contribution in [0, 0.1) is 5.41 Å². The molecule has 0 bridgehead atoms. The Hall–Kier alpha value is -2.40. The number of hydrogen-bond donors (Lipinski definition) is 2. The van der Waals surface area contributed by atoms with Crippen LogP contribution in [0.1, 0.15) is 59.9 Å². The molecule has 0 fully saturated rings. The highest BCUT2D eigenvalue weighted by Gasteiger charge is 2.33. The zero-order valence-electron chi connectivity index (χ0n) is 19.9. The van der Waals surface area contributed by atoms with Gasteiger partial charge in [0.25, 0.3) is 0 Å². The predicted molar refractivity (Wildman–Crippen MR) is 130 cm³/mol. The third-order valence-corrected chi connectivity index (χ3v) is 7.53. The second-order valence-electron chi connectivity index (χ2n) is 8.89. The second-order valence-corrected chi connectivity index (χ2v) is 11.6. The molecule has 0 saturated carbocycles. The van der Waals surface area contributed by atoms with Crippen LogP contribution in [0.25, 0.3) is 0 Å². The number of benzene rings is 1. The van der Waals surface area contributed by atoms with Crippen LogP contribution in [0.2, 0.25) is 0 Å². The highest BCUT2D eigenvalue weighted by atomic mass is 79.9. The number of aryl methyl sites for hydroxylation is 1. The summed E-state index contributed by atoms with van der Waals surface area (Å²) in [5.41, 5.74) is 0.425. The standard InChI is InChI=1S/C22H31BrN4O5S/c1-8-16-19(18(9-2)27(25-16)26(13(3)4)21(29)30)33(31,32)14-10-11-17(15(23)12-14)24-20(28)22(5,6)7/h10-13H,8-9H2,1-7H3,(H,24,28)(H,29,30). The smallest absolute Gasteiger partial charge is 0.428 e. The van der Waals surface area contributed by atoms with E-state index in [0.717, 1.165) is 5.01 Å². The molecule has 2 N–H and O–H groups in total. The fourth-order valence-corrected chi connectivity index (χ4v) is 5.63. The molecule has 1 heterocycles. The minimum atomic E-state index is -4.03. The average molecular weight is 543 g/mol. The lowest BCUT2D eigenvalue weighted by atomic mass is 9.95. The van der Waals surface area contributed by atoms with E-state index in [0.29, 0.717) is 28.0 Å². The lowest BCUT2D eigenvalue weighted by Gasteiger charge is -2.24. The molecule has 2 amide bonds. The van der Waals surface area contributed by atoms with Gasteiger partial charge in [-0.05, 0) is 60.8 Å². The summed E-state index contributed by atoms with van der Waals surface area (Å²) in [5.74, 6) is -0.205. The number of amides is 2. The van der Waals surface area contributed by atoms with Gasteiger partial charge in [-0.2, -0.15) is 14.9 Å². The first-order valence-electron chi connectivity index (χ1n) is 10.7. The third-order valence-electron chi connectivity index (χ3n) is 4.99. The lowest BCUT2D eigenvalue weighted by Crippen LogP contribution is -2.46. The summed E-state index contributed by atoms with van der Waals surface area (Å²) in [7, 11) is -4.03. The zero-order chi connectivity index (χ0) is 25.3. The molecule has 9 nitrogen and oxygen atoms in total. The number of carbonyl (C=O) groups excluding carboxylic acids is 1. The monoisotopic (exact) mass is 542 g/mol. The number of nitrogens with zero attached hydrogens (tertiary/aromatic N) is 3. The van der Waals surface area contributed by atoms with Crippen molar-refractivity contribution in [2.24, 2.45) is 5.41 Å². The Balaban J connectivity index is 2.64. The normalized spacial score (nSPS) is 12.2. The summed E-state index contributed by atoms with van der Waals surface area (Å²) in [4.78, 5) is 25.4. The molecule has 182 valence electrons. The molecule has 0 spiro atoms. The van der Waals surface area contributed by atoms with Crippen molar-refractivity contribution in [3.8, 4) is 0 Å².